The molecule has 0 saturated heterocycles. The number of rotatable bonds is 1. The van der Waals surface area contributed by atoms with E-state index in [9.17, 15) is 9.59 Å². The molecule has 4 rings (SSSR count). The topological polar surface area (TPSA) is 58.2 Å². The predicted octanol–water partition coefficient (Wildman–Crippen LogP) is 2.65. The molecule has 1 heterocycles. The maximum atomic E-state index is 12.4. The Balaban J connectivity index is 1.64. The van der Waals surface area contributed by atoms with Crippen LogP contribution in [-0.2, 0) is 9.59 Å². The number of amides is 2. The van der Waals surface area contributed by atoms with Crippen molar-refractivity contribution in [2.24, 2.45) is 34.5 Å². The Hall–Kier alpha value is -1.32. The third-order valence-corrected chi connectivity index (χ3v) is 8.25. The molecule has 24 heavy (non-hydrogen) atoms. The van der Waals surface area contributed by atoms with Gasteiger partial charge < -0.3 is 10.6 Å². The summed E-state index contributed by atoms with van der Waals surface area (Å²) >= 11 is 0. The molecule has 4 aliphatic rings. The van der Waals surface area contributed by atoms with Gasteiger partial charge in [-0.1, -0.05) is 19.9 Å². The van der Waals surface area contributed by atoms with Crippen LogP contribution >= 0.6 is 0 Å². The van der Waals surface area contributed by atoms with Gasteiger partial charge in [-0.2, -0.15) is 0 Å². The first kappa shape index (κ1) is 16.2. The van der Waals surface area contributed by atoms with Crippen LogP contribution < -0.4 is 10.6 Å². The fourth-order valence-corrected chi connectivity index (χ4v) is 6.94. The van der Waals surface area contributed by atoms with Gasteiger partial charge in [-0.3, -0.25) is 9.59 Å². The van der Waals surface area contributed by atoms with Gasteiger partial charge in [0.15, 0.2) is 0 Å². The van der Waals surface area contributed by atoms with Crippen LogP contribution in [0, 0.1) is 34.5 Å². The molecule has 4 heteroatoms. The highest BCUT2D eigenvalue weighted by molar-refractivity contribution is 5.89. The van der Waals surface area contributed by atoms with Crippen molar-refractivity contribution < 1.29 is 9.59 Å². The number of hydrogen-bond acceptors (Lipinski definition) is 2. The van der Waals surface area contributed by atoms with Gasteiger partial charge in [0.1, 0.15) is 0 Å². The van der Waals surface area contributed by atoms with Gasteiger partial charge in [-0.15, -0.1) is 0 Å². The van der Waals surface area contributed by atoms with Crippen molar-refractivity contribution in [3.05, 3.63) is 12.2 Å². The monoisotopic (exact) mass is 330 g/mol. The van der Waals surface area contributed by atoms with Crippen LogP contribution in [0.3, 0.4) is 0 Å². The van der Waals surface area contributed by atoms with E-state index in [1.54, 1.807) is 13.1 Å². The molecule has 0 unspecified atom stereocenters. The van der Waals surface area contributed by atoms with E-state index < -0.39 is 0 Å². The molecule has 0 aromatic heterocycles. The number of carbonyl (C=O) groups excluding carboxylic acids is 2. The summed E-state index contributed by atoms with van der Waals surface area (Å²) in [5.74, 6) is 2.47. The summed E-state index contributed by atoms with van der Waals surface area (Å²) < 4.78 is 0. The normalized spacial score (nSPS) is 49.6. The number of fused-ring (bicyclic) bond motifs is 5. The summed E-state index contributed by atoms with van der Waals surface area (Å²) in [6.07, 6.45) is 10.8. The minimum absolute atomic E-state index is 0.0668. The summed E-state index contributed by atoms with van der Waals surface area (Å²) in [5, 5.41) is 6.10. The van der Waals surface area contributed by atoms with Gasteiger partial charge in [-0.05, 0) is 67.8 Å². The van der Waals surface area contributed by atoms with E-state index in [-0.39, 0.29) is 34.6 Å². The van der Waals surface area contributed by atoms with Crippen molar-refractivity contribution in [2.75, 3.05) is 7.05 Å². The average molecular weight is 330 g/mol. The molecule has 2 N–H and O–H groups in total. The first-order valence-electron chi connectivity index (χ1n) is 9.61. The molecule has 1 aliphatic heterocycles. The molecule has 7 atom stereocenters. The molecule has 0 spiro atoms. The van der Waals surface area contributed by atoms with Gasteiger partial charge in [0.25, 0.3) is 0 Å². The van der Waals surface area contributed by atoms with E-state index in [4.69, 9.17) is 0 Å². The Morgan fingerprint density at radius 1 is 1.17 bits per heavy atom. The van der Waals surface area contributed by atoms with Crippen LogP contribution in [0.1, 0.15) is 52.4 Å². The maximum Gasteiger partial charge on any atom is 0.243 e. The molecule has 3 aliphatic carbocycles. The standard InChI is InChI=1S/C20H30N2O2/c1-19-10-8-14-12(13(19)5-6-15(19)18(24)21-3)4-7-16-20(14,2)11-9-17(23)22-16/h9,11-16H,4-8,10H2,1-3H3,(H,21,24)(H,22,23)/t12-,13-,14-,15+,16+,19-,20+/m0/s1. The van der Waals surface area contributed by atoms with Crippen LogP contribution in [0.5, 0.6) is 0 Å². The van der Waals surface area contributed by atoms with E-state index in [0.29, 0.717) is 17.8 Å². The summed E-state index contributed by atoms with van der Waals surface area (Å²) in [5.41, 5.74) is 0.245. The van der Waals surface area contributed by atoms with Gasteiger partial charge in [-0.25, -0.2) is 0 Å². The Labute approximate surface area is 144 Å². The minimum Gasteiger partial charge on any atom is -0.359 e. The third-order valence-electron chi connectivity index (χ3n) is 8.25. The minimum atomic E-state index is 0.0668. The quantitative estimate of drug-likeness (QED) is 0.776. The van der Waals surface area contributed by atoms with Crippen LogP contribution in [0.4, 0.5) is 0 Å². The van der Waals surface area contributed by atoms with E-state index in [1.165, 1.54) is 19.3 Å². The molecular formula is C20H30N2O2. The zero-order chi connectivity index (χ0) is 17.1. The lowest BCUT2D eigenvalue weighted by molar-refractivity contribution is -0.133. The van der Waals surface area contributed by atoms with E-state index in [2.05, 4.69) is 30.6 Å². The van der Waals surface area contributed by atoms with Gasteiger partial charge >= 0.3 is 0 Å². The molecule has 4 nitrogen and oxygen atoms in total. The second kappa shape index (κ2) is 5.34. The molecule has 0 aromatic rings. The molecule has 3 fully saturated rings. The van der Waals surface area contributed by atoms with Gasteiger partial charge in [0.2, 0.25) is 11.8 Å². The first-order chi connectivity index (χ1) is 11.4. The zero-order valence-corrected chi connectivity index (χ0v) is 15.1. The second-order valence-electron chi connectivity index (χ2n) is 9.00. The molecule has 0 radical (unpaired) electrons. The van der Waals surface area contributed by atoms with Crippen molar-refractivity contribution in [1.82, 2.24) is 10.6 Å². The largest absolute Gasteiger partial charge is 0.359 e. The van der Waals surface area contributed by atoms with Crippen molar-refractivity contribution in [3.63, 3.8) is 0 Å². The summed E-state index contributed by atoms with van der Waals surface area (Å²) in [7, 11) is 1.77. The van der Waals surface area contributed by atoms with Crippen LogP contribution in [0.15, 0.2) is 12.2 Å². The Morgan fingerprint density at radius 3 is 2.71 bits per heavy atom. The molecule has 0 aromatic carbocycles. The zero-order valence-electron chi connectivity index (χ0n) is 15.1. The molecular weight excluding hydrogens is 300 g/mol. The maximum absolute atomic E-state index is 12.4. The predicted molar refractivity (Wildman–Crippen MR) is 93.0 cm³/mol. The summed E-state index contributed by atoms with van der Waals surface area (Å²) in [6.45, 7) is 4.71. The lowest BCUT2D eigenvalue weighted by Gasteiger charge is -2.58. The fraction of sp³-hybridized carbons (Fsp3) is 0.800. The lowest BCUT2D eigenvalue weighted by atomic mass is 9.48. The number of hydrogen-bond donors (Lipinski definition) is 2. The summed E-state index contributed by atoms with van der Waals surface area (Å²) in [4.78, 5) is 24.2. The fourth-order valence-electron chi connectivity index (χ4n) is 6.94. The Bertz CT molecular complexity index is 600. The number of carbonyl (C=O) groups is 2. The van der Waals surface area contributed by atoms with Crippen LogP contribution in [-0.4, -0.2) is 24.9 Å². The van der Waals surface area contributed by atoms with Gasteiger partial charge in [0, 0.05) is 24.4 Å². The van der Waals surface area contributed by atoms with Crippen LogP contribution in [0.25, 0.3) is 0 Å². The highest BCUT2D eigenvalue weighted by atomic mass is 16.2. The smallest absolute Gasteiger partial charge is 0.243 e. The second-order valence-corrected chi connectivity index (χ2v) is 9.00. The van der Waals surface area contributed by atoms with Crippen molar-refractivity contribution in [2.45, 2.75) is 58.4 Å². The highest BCUT2D eigenvalue weighted by Gasteiger charge is 2.60. The van der Waals surface area contributed by atoms with Gasteiger partial charge in [0.05, 0.1) is 0 Å². The van der Waals surface area contributed by atoms with Crippen molar-refractivity contribution in [1.29, 1.82) is 0 Å². The SMILES string of the molecule is CNC(=O)[C@H]1CC[C@H]2[C@@H]3CC[C@H]4NC(=O)C=C[C@]4(C)[C@H]3CC[C@]12C. The first-order valence-corrected chi connectivity index (χ1v) is 9.61. The third kappa shape index (κ3) is 2.04. The highest BCUT2D eigenvalue weighted by Crippen LogP contribution is 2.64. The number of nitrogens with one attached hydrogen (secondary N) is 2. The van der Waals surface area contributed by atoms with Crippen LogP contribution in [0.2, 0.25) is 0 Å². The molecule has 132 valence electrons. The molecule has 0 bridgehead atoms. The summed E-state index contributed by atoms with van der Waals surface area (Å²) in [6, 6.07) is 0.289. The average Bonchev–Trinajstić information content (AvgIpc) is 2.92. The molecule has 3 saturated carbocycles. The lowest BCUT2D eigenvalue weighted by Crippen LogP contribution is -2.59. The van der Waals surface area contributed by atoms with Crippen molar-refractivity contribution in [3.8, 4) is 0 Å². The Kier molecular flexibility index (Phi) is 3.59. The van der Waals surface area contributed by atoms with E-state index >= 15 is 0 Å². The molecule has 2 amide bonds. The van der Waals surface area contributed by atoms with E-state index in [1.807, 2.05) is 0 Å². The Morgan fingerprint density at radius 2 is 1.96 bits per heavy atom. The van der Waals surface area contributed by atoms with E-state index in [0.717, 1.165) is 19.3 Å². The van der Waals surface area contributed by atoms with Crippen molar-refractivity contribution >= 4 is 11.8 Å².